The third kappa shape index (κ3) is 7.81. The van der Waals surface area contributed by atoms with E-state index in [4.69, 9.17) is 29.9 Å². The predicted molar refractivity (Wildman–Crippen MR) is 260 cm³/mol. The number of benzene rings is 5. The molecule has 2 heterocycles. The summed E-state index contributed by atoms with van der Waals surface area (Å²) >= 11 is 0. The van der Waals surface area contributed by atoms with Crippen molar-refractivity contribution >= 4 is 23.3 Å². The van der Waals surface area contributed by atoms with E-state index in [1.54, 1.807) is 0 Å². The van der Waals surface area contributed by atoms with Crippen molar-refractivity contribution in [2.24, 2.45) is 0 Å². The van der Waals surface area contributed by atoms with Crippen LogP contribution in [0.3, 0.4) is 0 Å². The molecule has 2 atom stereocenters. The van der Waals surface area contributed by atoms with E-state index in [9.17, 15) is 0 Å². The van der Waals surface area contributed by atoms with Gasteiger partial charge in [0, 0.05) is 34.1 Å². The summed E-state index contributed by atoms with van der Waals surface area (Å²) in [4.78, 5) is 30.1. The van der Waals surface area contributed by atoms with Crippen LogP contribution in [0.5, 0.6) is 0 Å². The minimum Gasteiger partial charge on any atom is -0.213 e. The molecule has 0 fully saturated rings. The lowest BCUT2D eigenvalue weighted by molar-refractivity contribution is 0.728. The van der Waals surface area contributed by atoms with Crippen molar-refractivity contribution in [3.63, 3.8) is 0 Å². The third-order valence-electron chi connectivity index (χ3n) is 13.0. The molecular formula is C58H48N6. The molecule has 2 aromatic heterocycles. The first-order chi connectivity index (χ1) is 31.5. The monoisotopic (exact) mass is 828 g/mol. The van der Waals surface area contributed by atoms with Crippen LogP contribution >= 0.6 is 0 Å². The SMILES string of the molecule is Cc1ccc(-c2nc(-c3ccccc3)nc(-c3ccc(C4=c5ccc6c(c5=CCC4)C=CCC6C4=CCC(c5nc(C6=CC=CCC6)nc(-c6ccc(C)cc6)n5)C=C4)cc3)n2)cc1. The number of fused-ring (bicyclic) bond motifs is 3. The zero-order valence-electron chi connectivity index (χ0n) is 36.2. The van der Waals surface area contributed by atoms with Gasteiger partial charge in [-0.3, -0.25) is 0 Å². The quantitative estimate of drug-likeness (QED) is 0.152. The van der Waals surface area contributed by atoms with Crippen molar-refractivity contribution in [1.29, 1.82) is 0 Å². The van der Waals surface area contributed by atoms with Gasteiger partial charge >= 0.3 is 0 Å². The molecule has 0 aliphatic heterocycles. The summed E-state index contributed by atoms with van der Waals surface area (Å²) in [6, 6.07) is 40.6. The molecule has 4 aliphatic carbocycles. The van der Waals surface area contributed by atoms with Crippen LogP contribution in [0.15, 0.2) is 163 Å². The summed E-state index contributed by atoms with van der Waals surface area (Å²) in [5.74, 6) is 4.75. The van der Waals surface area contributed by atoms with Crippen molar-refractivity contribution in [2.45, 2.75) is 64.2 Å². The van der Waals surface area contributed by atoms with Crippen LogP contribution in [0, 0.1) is 13.8 Å². The van der Waals surface area contributed by atoms with Crippen molar-refractivity contribution in [3.8, 4) is 45.6 Å². The number of aromatic nitrogens is 6. The van der Waals surface area contributed by atoms with Gasteiger partial charge in [0.05, 0.1) is 0 Å². The molecule has 310 valence electrons. The Hall–Kier alpha value is -7.44. The smallest absolute Gasteiger partial charge is 0.164 e. The van der Waals surface area contributed by atoms with Gasteiger partial charge < -0.3 is 0 Å². The Kier molecular flexibility index (Phi) is 10.5. The zero-order valence-corrected chi connectivity index (χ0v) is 36.2. The van der Waals surface area contributed by atoms with Crippen LogP contribution in [-0.2, 0) is 0 Å². The average Bonchev–Trinajstić information content (AvgIpc) is 3.36. The molecule has 0 bridgehead atoms. The highest BCUT2D eigenvalue weighted by molar-refractivity contribution is 5.74. The molecule has 0 radical (unpaired) electrons. The standard InChI is InChI=1S/C58H48N6/c1-37-19-23-43(24-20-37)55-59-53(41-11-5-3-6-12-41)61-57(63-55)45-31-27-39(28-32-45)47-15-9-17-49-50-18-10-16-48(52(50)36-35-51(47)49)40-29-33-46(34-30-40)58-62-54(42-13-7-4-8-14-42)60-56(64-58)44-25-21-38(2)22-26-44/h3-7,10-13,17-33,35-36,46,48H,8-9,14-16,34H2,1-2H3. The zero-order chi connectivity index (χ0) is 43.0. The van der Waals surface area contributed by atoms with E-state index in [0.29, 0.717) is 23.4 Å². The highest BCUT2D eigenvalue weighted by atomic mass is 15.0. The number of nitrogens with zero attached hydrogens (tertiary/aromatic N) is 6. The number of rotatable bonds is 8. The molecule has 6 heteroatoms. The van der Waals surface area contributed by atoms with Crippen LogP contribution in [0.2, 0.25) is 0 Å². The third-order valence-corrected chi connectivity index (χ3v) is 13.0. The molecule has 0 saturated heterocycles. The Balaban J connectivity index is 0.883. The first kappa shape index (κ1) is 39.4. The molecule has 0 N–H and O–H groups in total. The maximum atomic E-state index is 5.10. The Morgan fingerprint density at radius 1 is 0.500 bits per heavy atom. The Morgan fingerprint density at radius 3 is 1.75 bits per heavy atom. The van der Waals surface area contributed by atoms with Gasteiger partial charge in [-0.15, -0.1) is 0 Å². The number of allylic oxidation sites excluding steroid dienone is 9. The largest absolute Gasteiger partial charge is 0.213 e. The number of aryl methyl sites for hydroxylation is 2. The molecule has 0 spiro atoms. The van der Waals surface area contributed by atoms with Crippen molar-refractivity contribution in [2.75, 3.05) is 0 Å². The molecule has 11 rings (SSSR count). The van der Waals surface area contributed by atoms with Crippen LogP contribution in [0.25, 0.3) is 68.8 Å². The predicted octanol–water partition coefficient (Wildman–Crippen LogP) is 12.0. The molecule has 0 amide bonds. The van der Waals surface area contributed by atoms with Crippen molar-refractivity contribution < 1.29 is 0 Å². The van der Waals surface area contributed by atoms with E-state index in [0.717, 1.165) is 78.3 Å². The summed E-state index contributed by atoms with van der Waals surface area (Å²) < 4.78 is 0. The highest BCUT2D eigenvalue weighted by Gasteiger charge is 2.26. The lowest BCUT2D eigenvalue weighted by Crippen LogP contribution is -2.34. The van der Waals surface area contributed by atoms with E-state index < -0.39 is 0 Å². The second-order valence-electron chi connectivity index (χ2n) is 17.3. The Morgan fingerprint density at radius 2 is 1.11 bits per heavy atom. The van der Waals surface area contributed by atoms with Gasteiger partial charge in [0.25, 0.3) is 0 Å². The minimum atomic E-state index is 0.0831. The molecule has 4 aliphatic rings. The van der Waals surface area contributed by atoms with E-state index in [2.05, 4.69) is 153 Å². The van der Waals surface area contributed by atoms with Crippen LogP contribution in [0.4, 0.5) is 0 Å². The van der Waals surface area contributed by atoms with E-state index in [1.165, 1.54) is 55.0 Å². The molecule has 6 nitrogen and oxygen atoms in total. The minimum absolute atomic E-state index is 0.0831. The fourth-order valence-electron chi connectivity index (χ4n) is 9.47. The van der Waals surface area contributed by atoms with E-state index in [1.807, 2.05) is 30.3 Å². The van der Waals surface area contributed by atoms with Gasteiger partial charge in [0.2, 0.25) is 0 Å². The van der Waals surface area contributed by atoms with Crippen LogP contribution < -0.4 is 10.4 Å². The summed E-state index contributed by atoms with van der Waals surface area (Å²) in [5, 5.41) is 2.67. The fraction of sp³-hybridized carbons (Fsp3) is 0.172. The summed E-state index contributed by atoms with van der Waals surface area (Å²) in [5.41, 5.74) is 14.2. The average molecular weight is 829 g/mol. The summed E-state index contributed by atoms with van der Waals surface area (Å²) in [6.45, 7) is 4.20. The van der Waals surface area contributed by atoms with Crippen LogP contribution in [-0.4, -0.2) is 29.9 Å². The molecule has 0 saturated carbocycles. The molecule has 5 aromatic carbocycles. The highest BCUT2D eigenvalue weighted by Crippen LogP contribution is 2.39. The molecule has 64 heavy (non-hydrogen) atoms. The molecule has 7 aromatic rings. The van der Waals surface area contributed by atoms with E-state index >= 15 is 0 Å². The second-order valence-corrected chi connectivity index (χ2v) is 17.3. The van der Waals surface area contributed by atoms with Gasteiger partial charge in [-0.25, -0.2) is 29.9 Å². The fourth-order valence-corrected chi connectivity index (χ4v) is 9.47. The number of hydrogen-bond acceptors (Lipinski definition) is 6. The normalized spacial score (nSPS) is 17.6. The van der Waals surface area contributed by atoms with Gasteiger partial charge in [-0.05, 0) is 96.2 Å². The lowest BCUT2D eigenvalue weighted by atomic mass is 9.77. The van der Waals surface area contributed by atoms with Crippen molar-refractivity contribution in [1.82, 2.24) is 29.9 Å². The Bertz CT molecular complexity index is 3210. The van der Waals surface area contributed by atoms with E-state index in [-0.39, 0.29) is 5.92 Å². The molecule has 2 unspecified atom stereocenters. The van der Waals surface area contributed by atoms with Crippen molar-refractivity contribution in [3.05, 3.63) is 213 Å². The van der Waals surface area contributed by atoms with Crippen LogP contribution in [0.1, 0.15) is 89.8 Å². The van der Waals surface area contributed by atoms with Gasteiger partial charge in [0.15, 0.2) is 29.1 Å². The molecular weight excluding hydrogens is 781 g/mol. The second kappa shape index (κ2) is 17.0. The van der Waals surface area contributed by atoms with Gasteiger partial charge in [-0.1, -0.05) is 181 Å². The number of hydrogen-bond donors (Lipinski definition) is 0. The first-order valence-corrected chi connectivity index (χ1v) is 22.6. The summed E-state index contributed by atoms with van der Waals surface area (Å²) in [7, 11) is 0. The Labute approximate surface area is 374 Å². The first-order valence-electron chi connectivity index (χ1n) is 22.6. The lowest BCUT2D eigenvalue weighted by Gasteiger charge is -2.27. The van der Waals surface area contributed by atoms with Gasteiger partial charge in [-0.2, -0.15) is 0 Å². The van der Waals surface area contributed by atoms with Gasteiger partial charge in [0.1, 0.15) is 5.82 Å². The maximum absolute atomic E-state index is 5.10. The topological polar surface area (TPSA) is 77.3 Å². The maximum Gasteiger partial charge on any atom is 0.164 e. The summed E-state index contributed by atoms with van der Waals surface area (Å²) in [6.07, 6.45) is 26.5.